The summed E-state index contributed by atoms with van der Waals surface area (Å²) in [6, 6.07) is 3.53. The van der Waals surface area contributed by atoms with Gasteiger partial charge in [0.05, 0.1) is 7.11 Å². The first kappa shape index (κ1) is 13.7. The summed E-state index contributed by atoms with van der Waals surface area (Å²) in [6.45, 7) is 8.51. The second-order valence-corrected chi connectivity index (χ2v) is 5.45. The van der Waals surface area contributed by atoms with E-state index in [9.17, 15) is 4.79 Å². The van der Waals surface area contributed by atoms with Crippen LogP contribution in [0.1, 0.15) is 44.6 Å². The first-order chi connectivity index (χ1) is 7.86. The van der Waals surface area contributed by atoms with Gasteiger partial charge in [0.15, 0.2) is 5.78 Å². The number of rotatable bonds is 4. The number of pyridine rings is 1. The molecule has 0 aliphatic heterocycles. The molecule has 0 aromatic carbocycles. The number of nitrogens with zero attached hydrogens (tertiary/aromatic N) is 1. The Morgan fingerprint density at radius 2 is 2.12 bits per heavy atom. The van der Waals surface area contributed by atoms with Crippen molar-refractivity contribution in [1.82, 2.24) is 4.98 Å². The van der Waals surface area contributed by atoms with Gasteiger partial charge in [-0.2, -0.15) is 0 Å². The molecule has 1 aromatic heterocycles. The first-order valence-corrected chi connectivity index (χ1v) is 5.88. The number of Topliss-reactive ketones (excluding diaryl/α,β-unsaturated/α-hetero) is 1. The molecule has 1 atom stereocenters. The highest BCUT2D eigenvalue weighted by Gasteiger charge is 2.24. The molecule has 0 N–H and O–H groups in total. The molecule has 3 heteroatoms. The van der Waals surface area contributed by atoms with Gasteiger partial charge in [-0.25, -0.2) is 4.98 Å². The molecule has 17 heavy (non-hydrogen) atoms. The van der Waals surface area contributed by atoms with Crippen molar-refractivity contribution < 1.29 is 9.53 Å². The van der Waals surface area contributed by atoms with Crippen molar-refractivity contribution in [2.45, 2.75) is 34.1 Å². The number of ketones is 1. The SMILES string of the molecule is COc1cccnc1C(=O)CC(C)C(C)(C)C. The summed E-state index contributed by atoms with van der Waals surface area (Å²) in [4.78, 5) is 16.2. The number of carbonyl (C=O) groups excluding carboxylic acids is 1. The summed E-state index contributed by atoms with van der Waals surface area (Å²) in [5, 5.41) is 0. The van der Waals surface area contributed by atoms with E-state index in [2.05, 4.69) is 32.7 Å². The van der Waals surface area contributed by atoms with Crippen LogP contribution in [0.4, 0.5) is 0 Å². The summed E-state index contributed by atoms with van der Waals surface area (Å²) < 4.78 is 5.15. The van der Waals surface area contributed by atoms with Crippen LogP contribution in [-0.2, 0) is 0 Å². The summed E-state index contributed by atoms with van der Waals surface area (Å²) in [5.41, 5.74) is 0.559. The fraction of sp³-hybridized carbons (Fsp3) is 0.571. The van der Waals surface area contributed by atoms with Crippen LogP contribution in [0.2, 0.25) is 0 Å². The standard InChI is InChI=1S/C14H21NO2/c1-10(14(2,3)4)9-11(16)13-12(17-5)7-6-8-15-13/h6-8,10H,9H2,1-5H3. The van der Waals surface area contributed by atoms with E-state index in [0.29, 0.717) is 23.8 Å². The van der Waals surface area contributed by atoms with Crippen LogP contribution in [0.3, 0.4) is 0 Å². The highest BCUT2D eigenvalue weighted by Crippen LogP contribution is 2.30. The molecule has 1 aromatic rings. The minimum atomic E-state index is 0.0462. The molecule has 1 unspecified atom stereocenters. The molecule has 94 valence electrons. The number of hydrogen-bond donors (Lipinski definition) is 0. The van der Waals surface area contributed by atoms with Gasteiger partial charge < -0.3 is 4.74 Å². The largest absolute Gasteiger partial charge is 0.494 e. The Kier molecular flexibility index (Phi) is 4.27. The van der Waals surface area contributed by atoms with Crippen molar-refractivity contribution in [3.63, 3.8) is 0 Å². The number of ether oxygens (including phenoxy) is 1. The highest BCUT2D eigenvalue weighted by molar-refractivity contribution is 5.96. The van der Waals surface area contributed by atoms with E-state index in [1.807, 2.05) is 0 Å². The molecule has 0 aliphatic rings. The third-order valence-corrected chi connectivity index (χ3v) is 3.22. The zero-order chi connectivity index (χ0) is 13.1. The molecule has 0 aliphatic carbocycles. The Labute approximate surface area is 103 Å². The van der Waals surface area contributed by atoms with Gasteiger partial charge in [0.25, 0.3) is 0 Å². The average molecular weight is 235 g/mol. The van der Waals surface area contributed by atoms with Crippen LogP contribution < -0.4 is 4.74 Å². The Bertz CT molecular complexity index is 393. The minimum Gasteiger partial charge on any atom is -0.494 e. The van der Waals surface area contributed by atoms with Gasteiger partial charge in [-0.05, 0) is 23.5 Å². The maximum atomic E-state index is 12.1. The molecule has 0 radical (unpaired) electrons. The molecule has 0 saturated heterocycles. The molecule has 1 heterocycles. The minimum absolute atomic E-state index is 0.0462. The van der Waals surface area contributed by atoms with Gasteiger partial charge in [0.2, 0.25) is 0 Å². The van der Waals surface area contributed by atoms with E-state index in [1.54, 1.807) is 25.4 Å². The van der Waals surface area contributed by atoms with Crippen LogP contribution in [-0.4, -0.2) is 17.9 Å². The Morgan fingerprint density at radius 3 is 2.65 bits per heavy atom. The monoisotopic (exact) mass is 235 g/mol. The van der Waals surface area contributed by atoms with Gasteiger partial charge in [0, 0.05) is 12.6 Å². The molecule has 0 spiro atoms. The van der Waals surface area contributed by atoms with Crippen LogP contribution in [0.5, 0.6) is 5.75 Å². The van der Waals surface area contributed by atoms with Crippen LogP contribution in [0.25, 0.3) is 0 Å². The summed E-state index contributed by atoms with van der Waals surface area (Å²) in [6.07, 6.45) is 2.12. The first-order valence-electron chi connectivity index (χ1n) is 5.88. The van der Waals surface area contributed by atoms with Crippen molar-refractivity contribution in [1.29, 1.82) is 0 Å². The zero-order valence-corrected chi connectivity index (χ0v) is 11.3. The third-order valence-electron chi connectivity index (χ3n) is 3.22. The Morgan fingerprint density at radius 1 is 1.47 bits per heavy atom. The maximum absolute atomic E-state index is 12.1. The number of aromatic nitrogens is 1. The molecule has 1 rings (SSSR count). The summed E-state index contributed by atoms with van der Waals surface area (Å²) in [7, 11) is 1.56. The fourth-order valence-corrected chi connectivity index (χ4v) is 1.45. The number of hydrogen-bond acceptors (Lipinski definition) is 3. The lowest BCUT2D eigenvalue weighted by Crippen LogP contribution is -2.21. The second-order valence-electron chi connectivity index (χ2n) is 5.45. The molecule has 0 amide bonds. The van der Waals surface area contributed by atoms with Crippen LogP contribution >= 0.6 is 0 Å². The van der Waals surface area contributed by atoms with Gasteiger partial charge in [-0.1, -0.05) is 27.7 Å². The van der Waals surface area contributed by atoms with E-state index in [0.717, 1.165) is 0 Å². The average Bonchev–Trinajstić information content (AvgIpc) is 2.27. The fourth-order valence-electron chi connectivity index (χ4n) is 1.45. The van der Waals surface area contributed by atoms with E-state index >= 15 is 0 Å². The topological polar surface area (TPSA) is 39.2 Å². The van der Waals surface area contributed by atoms with Gasteiger partial charge in [-0.3, -0.25) is 4.79 Å². The van der Waals surface area contributed by atoms with Crippen LogP contribution in [0, 0.1) is 11.3 Å². The van der Waals surface area contributed by atoms with E-state index in [-0.39, 0.29) is 11.2 Å². The van der Waals surface area contributed by atoms with Crippen molar-refractivity contribution >= 4 is 5.78 Å². The second kappa shape index (κ2) is 5.30. The Hall–Kier alpha value is -1.38. The van der Waals surface area contributed by atoms with Gasteiger partial charge in [-0.15, -0.1) is 0 Å². The lowest BCUT2D eigenvalue weighted by Gasteiger charge is -2.26. The van der Waals surface area contributed by atoms with E-state index in [4.69, 9.17) is 4.74 Å². The predicted molar refractivity (Wildman–Crippen MR) is 68.4 cm³/mol. The van der Waals surface area contributed by atoms with Crippen molar-refractivity contribution in [3.8, 4) is 5.75 Å². The zero-order valence-electron chi connectivity index (χ0n) is 11.3. The van der Waals surface area contributed by atoms with Crippen molar-refractivity contribution in [3.05, 3.63) is 24.0 Å². The maximum Gasteiger partial charge on any atom is 0.185 e. The van der Waals surface area contributed by atoms with Gasteiger partial charge in [0.1, 0.15) is 11.4 Å². The molecule has 0 fully saturated rings. The van der Waals surface area contributed by atoms with Crippen LogP contribution in [0.15, 0.2) is 18.3 Å². The Balaban J connectivity index is 2.84. The third kappa shape index (κ3) is 3.55. The molecule has 0 saturated carbocycles. The quantitative estimate of drug-likeness (QED) is 0.751. The normalized spacial score (nSPS) is 13.2. The summed E-state index contributed by atoms with van der Waals surface area (Å²) in [5.74, 6) is 0.908. The smallest absolute Gasteiger partial charge is 0.185 e. The molecular weight excluding hydrogens is 214 g/mol. The molecular formula is C14H21NO2. The van der Waals surface area contributed by atoms with Crippen molar-refractivity contribution in [2.75, 3.05) is 7.11 Å². The predicted octanol–water partition coefficient (Wildman–Crippen LogP) is 3.35. The number of methoxy groups -OCH3 is 1. The highest BCUT2D eigenvalue weighted by atomic mass is 16.5. The van der Waals surface area contributed by atoms with E-state index < -0.39 is 0 Å². The lowest BCUT2D eigenvalue weighted by atomic mass is 9.79. The number of carbonyl (C=O) groups is 1. The lowest BCUT2D eigenvalue weighted by molar-refractivity contribution is 0.0919. The summed E-state index contributed by atoms with van der Waals surface area (Å²) >= 11 is 0. The van der Waals surface area contributed by atoms with Crippen molar-refractivity contribution in [2.24, 2.45) is 11.3 Å². The van der Waals surface area contributed by atoms with E-state index in [1.165, 1.54) is 0 Å². The molecule has 3 nitrogen and oxygen atoms in total. The van der Waals surface area contributed by atoms with Gasteiger partial charge >= 0.3 is 0 Å². The molecule has 0 bridgehead atoms.